The largest absolute Gasteiger partial charge is 0.376 e. The summed E-state index contributed by atoms with van der Waals surface area (Å²) in [5.41, 5.74) is 2.77. The molecule has 1 aliphatic carbocycles. The van der Waals surface area contributed by atoms with Crippen LogP contribution in [0.5, 0.6) is 0 Å². The third kappa shape index (κ3) is 2.51. The fourth-order valence-corrected chi connectivity index (χ4v) is 3.42. The second-order valence-corrected chi connectivity index (χ2v) is 6.34. The maximum Gasteiger partial charge on any atom is 0.323 e. The highest BCUT2D eigenvalue weighted by Gasteiger charge is 2.40. The lowest BCUT2D eigenvalue weighted by Gasteiger charge is -2.24. The van der Waals surface area contributed by atoms with Crippen LogP contribution in [0.3, 0.4) is 0 Å². The Kier molecular flexibility index (Phi) is 3.12. The first-order valence-electron chi connectivity index (χ1n) is 7.80. The SMILES string of the molecule is CC(NC1CCOC1C1CC1)c1ccc2[nH]c(=O)[nH]c2c1. The van der Waals surface area contributed by atoms with Gasteiger partial charge in [0, 0.05) is 18.7 Å². The number of rotatable bonds is 4. The highest BCUT2D eigenvalue weighted by atomic mass is 16.5. The van der Waals surface area contributed by atoms with E-state index in [0.717, 1.165) is 30.0 Å². The molecular formula is C16H21N3O2. The zero-order valence-electron chi connectivity index (χ0n) is 12.2. The van der Waals surface area contributed by atoms with Crippen molar-refractivity contribution in [1.82, 2.24) is 15.3 Å². The van der Waals surface area contributed by atoms with Crippen LogP contribution in [0.4, 0.5) is 0 Å². The number of H-pyrrole nitrogens is 2. The van der Waals surface area contributed by atoms with E-state index >= 15 is 0 Å². The van der Waals surface area contributed by atoms with Gasteiger partial charge in [-0.2, -0.15) is 0 Å². The molecule has 1 aromatic heterocycles. The summed E-state index contributed by atoms with van der Waals surface area (Å²) in [5, 5.41) is 3.71. The van der Waals surface area contributed by atoms with E-state index in [9.17, 15) is 4.79 Å². The molecule has 5 heteroatoms. The van der Waals surface area contributed by atoms with E-state index in [4.69, 9.17) is 4.74 Å². The van der Waals surface area contributed by atoms with Crippen molar-refractivity contribution in [3.05, 3.63) is 34.2 Å². The van der Waals surface area contributed by atoms with Gasteiger partial charge in [-0.1, -0.05) is 6.07 Å². The average Bonchev–Trinajstić information content (AvgIpc) is 3.08. The zero-order chi connectivity index (χ0) is 14.4. The lowest BCUT2D eigenvalue weighted by Crippen LogP contribution is -2.39. The molecule has 2 heterocycles. The van der Waals surface area contributed by atoms with Gasteiger partial charge in [-0.3, -0.25) is 0 Å². The second kappa shape index (κ2) is 5.00. The van der Waals surface area contributed by atoms with Gasteiger partial charge in [-0.25, -0.2) is 4.79 Å². The Morgan fingerprint density at radius 1 is 1.24 bits per heavy atom. The molecule has 0 spiro atoms. The van der Waals surface area contributed by atoms with E-state index in [1.165, 1.54) is 18.4 Å². The summed E-state index contributed by atoms with van der Waals surface area (Å²) in [6.07, 6.45) is 4.11. The number of hydrogen-bond acceptors (Lipinski definition) is 3. The molecule has 0 radical (unpaired) electrons. The van der Waals surface area contributed by atoms with Crippen molar-refractivity contribution in [3.8, 4) is 0 Å². The van der Waals surface area contributed by atoms with Crippen LogP contribution in [0.15, 0.2) is 23.0 Å². The third-order valence-electron chi connectivity index (χ3n) is 4.73. The van der Waals surface area contributed by atoms with Gasteiger partial charge in [0.15, 0.2) is 0 Å². The number of hydrogen-bond donors (Lipinski definition) is 3. The van der Waals surface area contributed by atoms with Gasteiger partial charge in [-0.05, 0) is 49.8 Å². The Morgan fingerprint density at radius 2 is 2.05 bits per heavy atom. The third-order valence-corrected chi connectivity index (χ3v) is 4.73. The highest BCUT2D eigenvalue weighted by molar-refractivity contribution is 5.75. The van der Waals surface area contributed by atoms with Gasteiger partial charge in [0.25, 0.3) is 0 Å². The van der Waals surface area contributed by atoms with Gasteiger partial charge in [-0.15, -0.1) is 0 Å². The number of aromatic amines is 2. The minimum atomic E-state index is -0.152. The topological polar surface area (TPSA) is 69.9 Å². The molecule has 4 rings (SSSR count). The van der Waals surface area contributed by atoms with Gasteiger partial charge < -0.3 is 20.0 Å². The quantitative estimate of drug-likeness (QED) is 0.806. The summed E-state index contributed by atoms with van der Waals surface area (Å²) >= 11 is 0. The molecule has 2 aliphatic rings. The molecule has 1 aliphatic heterocycles. The van der Waals surface area contributed by atoms with Crippen LogP contribution in [0.25, 0.3) is 11.0 Å². The van der Waals surface area contributed by atoms with E-state index in [2.05, 4.69) is 28.3 Å². The smallest absolute Gasteiger partial charge is 0.323 e. The van der Waals surface area contributed by atoms with E-state index < -0.39 is 0 Å². The summed E-state index contributed by atoms with van der Waals surface area (Å²) in [6.45, 7) is 3.05. The Morgan fingerprint density at radius 3 is 2.86 bits per heavy atom. The predicted molar refractivity (Wildman–Crippen MR) is 81.3 cm³/mol. The number of imidazole rings is 1. The summed E-state index contributed by atoms with van der Waals surface area (Å²) < 4.78 is 5.88. The summed E-state index contributed by atoms with van der Waals surface area (Å²) in [7, 11) is 0. The molecule has 3 atom stereocenters. The highest BCUT2D eigenvalue weighted by Crippen LogP contribution is 2.39. The van der Waals surface area contributed by atoms with Crippen molar-refractivity contribution in [2.75, 3.05) is 6.61 Å². The Bertz CT molecular complexity index is 701. The summed E-state index contributed by atoms with van der Waals surface area (Å²) in [4.78, 5) is 16.9. The zero-order valence-corrected chi connectivity index (χ0v) is 12.2. The predicted octanol–water partition coefficient (Wildman–Crippen LogP) is 2.07. The summed E-state index contributed by atoms with van der Waals surface area (Å²) in [6, 6.07) is 6.79. The normalized spacial score (nSPS) is 27.3. The molecule has 112 valence electrons. The molecule has 3 unspecified atom stereocenters. The minimum Gasteiger partial charge on any atom is -0.376 e. The van der Waals surface area contributed by atoms with Crippen LogP contribution in [0.1, 0.15) is 37.8 Å². The Balaban J connectivity index is 1.52. The molecule has 1 aromatic carbocycles. The first-order chi connectivity index (χ1) is 10.2. The molecule has 1 saturated carbocycles. The van der Waals surface area contributed by atoms with Crippen molar-refractivity contribution in [1.29, 1.82) is 0 Å². The van der Waals surface area contributed by atoms with Crippen LogP contribution in [-0.2, 0) is 4.74 Å². The average molecular weight is 287 g/mol. The van der Waals surface area contributed by atoms with E-state index in [0.29, 0.717) is 12.1 Å². The summed E-state index contributed by atoms with van der Waals surface area (Å²) in [5.74, 6) is 0.765. The number of nitrogens with one attached hydrogen (secondary N) is 3. The first kappa shape index (κ1) is 13.1. The van der Waals surface area contributed by atoms with Crippen molar-refractivity contribution >= 4 is 11.0 Å². The van der Waals surface area contributed by atoms with Crippen LogP contribution < -0.4 is 11.0 Å². The van der Waals surface area contributed by atoms with Crippen molar-refractivity contribution in [3.63, 3.8) is 0 Å². The minimum absolute atomic E-state index is 0.152. The number of fused-ring (bicyclic) bond motifs is 1. The van der Waals surface area contributed by atoms with E-state index in [1.54, 1.807) is 0 Å². The Hall–Kier alpha value is -1.59. The maximum atomic E-state index is 11.3. The lowest BCUT2D eigenvalue weighted by molar-refractivity contribution is 0.0793. The molecular weight excluding hydrogens is 266 g/mol. The fraction of sp³-hybridized carbons (Fsp3) is 0.562. The molecule has 2 fully saturated rings. The van der Waals surface area contributed by atoms with Crippen LogP contribution in [0, 0.1) is 5.92 Å². The van der Waals surface area contributed by atoms with Crippen LogP contribution >= 0.6 is 0 Å². The molecule has 0 bridgehead atoms. The Labute approximate surface area is 123 Å². The van der Waals surface area contributed by atoms with Crippen LogP contribution in [-0.4, -0.2) is 28.7 Å². The second-order valence-electron chi connectivity index (χ2n) is 6.34. The van der Waals surface area contributed by atoms with Gasteiger partial charge in [0.1, 0.15) is 0 Å². The van der Waals surface area contributed by atoms with E-state index in [-0.39, 0.29) is 11.7 Å². The number of ether oxygens (including phenoxy) is 1. The van der Waals surface area contributed by atoms with E-state index in [1.807, 2.05) is 12.1 Å². The molecule has 1 saturated heterocycles. The first-order valence-corrected chi connectivity index (χ1v) is 7.80. The number of benzene rings is 1. The van der Waals surface area contributed by atoms with Crippen molar-refractivity contribution in [2.24, 2.45) is 5.92 Å². The lowest BCUT2D eigenvalue weighted by atomic mass is 10.0. The van der Waals surface area contributed by atoms with Crippen molar-refractivity contribution < 1.29 is 4.74 Å². The van der Waals surface area contributed by atoms with Gasteiger partial charge in [0.2, 0.25) is 0 Å². The van der Waals surface area contributed by atoms with Crippen LogP contribution in [0.2, 0.25) is 0 Å². The molecule has 0 amide bonds. The van der Waals surface area contributed by atoms with Gasteiger partial charge in [0.05, 0.1) is 17.1 Å². The van der Waals surface area contributed by atoms with Crippen molar-refractivity contribution in [2.45, 2.75) is 44.4 Å². The molecule has 3 N–H and O–H groups in total. The molecule has 5 nitrogen and oxygen atoms in total. The standard InChI is InChI=1S/C16H21N3O2/c1-9(17-13-6-7-21-15(13)10-2-3-10)11-4-5-12-14(8-11)19-16(20)18-12/h4-5,8-10,13,15,17H,2-3,6-7H2,1H3,(H2,18,19,20). The molecule has 21 heavy (non-hydrogen) atoms. The monoisotopic (exact) mass is 287 g/mol. The number of aromatic nitrogens is 2. The molecule has 2 aromatic rings. The maximum absolute atomic E-state index is 11.3. The fourth-order valence-electron chi connectivity index (χ4n) is 3.42. The van der Waals surface area contributed by atoms with Gasteiger partial charge >= 0.3 is 5.69 Å².